The minimum absolute atomic E-state index is 0.106. The molecule has 0 aliphatic carbocycles. The first-order valence-corrected chi connectivity index (χ1v) is 7.46. The Morgan fingerprint density at radius 1 is 1.35 bits per heavy atom. The molecule has 1 aliphatic rings. The van der Waals surface area contributed by atoms with Crippen molar-refractivity contribution < 1.29 is 9.66 Å². The van der Waals surface area contributed by atoms with Crippen LogP contribution >= 0.6 is 0 Å². The first kappa shape index (κ1) is 17.3. The van der Waals surface area contributed by atoms with Gasteiger partial charge in [-0.25, -0.2) is 15.0 Å². The van der Waals surface area contributed by atoms with E-state index in [4.69, 9.17) is 4.74 Å². The summed E-state index contributed by atoms with van der Waals surface area (Å²) in [5, 5.41) is 16.4. The molecule has 1 aromatic rings. The molecule has 1 aliphatic heterocycles. The molecule has 0 saturated carbocycles. The fourth-order valence-electron chi connectivity index (χ4n) is 2.33. The molecule has 1 fully saturated rings. The van der Waals surface area contributed by atoms with Gasteiger partial charge < -0.3 is 15.0 Å². The van der Waals surface area contributed by atoms with Gasteiger partial charge in [-0.3, -0.25) is 15.5 Å². The number of aromatic nitrogens is 2. The van der Waals surface area contributed by atoms with Crippen LogP contribution in [0.25, 0.3) is 0 Å². The Kier molecular flexibility index (Phi) is 6.02. The molecule has 0 radical (unpaired) electrons. The van der Waals surface area contributed by atoms with Crippen molar-refractivity contribution in [2.45, 2.75) is 13.0 Å². The van der Waals surface area contributed by atoms with E-state index in [9.17, 15) is 10.1 Å². The average molecular weight is 325 g/mol. The van der Waals surface area contributed by atoms with Crippen LogP contribution < -0.4 is 10.7 Å². The number of hydrazine groups is 1. The van der Waals surface area contributed by atoms with Gasteiger partial charge in [0.05, 0.1) is 11.5 Å². The number of methoxy groups -OCH3 is 1. The second-order valence-corrected chi connectivity index (χ2v) is 5.58. The number of nitrogens with one attached hydrogen (secondary N) is 2. The molecule has 0 amide bonds. The fraction of sp³-hybridized carbons (Fsp3) is 0.692. The summed E-state index contributed by atoms with van der Waals surface area (Å²) in [6, 6.07) is -0.106. The van der Waals surface area contributed by atoms with Crippen LogP contribution in [-0.2, 0) is 4.74 Å². The van der Waals surface area contributed by atoms with Gasteiger partial charge >= 0.3 is 5.69 Å². The molecular weight excluding hydrogens is 302 g/mol. The third-order valence-corrected chi connectivity index (χ3v) is 3.57. The number of piperazine rings is 1. The van der Waals surface area contributed by atoms with Gasteiger partial charge in [0.1, 0.15) is 6.33 Å². The van der Waals surface area contributed by atoms with Gasteiger partial charge in [-0.1, -0.05) is 0 Å². The molecule has 2 rings (SSSR count). The van der Waals surface area contributed by atoms with Crippen molar-refractivity contribution in [3.8, 4) is 0 Å². The van der Waals surface area contributed by atoms with Gasteiger partial charge in [0.25, 0.3) is 0 Å². The number of ether oxygens (including phenoxy) is 1. The van der Waals surface area contributed by atoms with Crippen LogP contribution in [-0.4, -0.2) is 77.8 Å². The molecule has 23 heavy (non-hydrogen) atoms. The van der Waals surface area contributed by atoms with E-state index in [1.54, 1.807) is 7.11 Å². The molecule has 1 atom stereocenters. The molecular formula is C13H23N7O3. The van der Waals surface area contributed by atoms with E-state index in [0.29, 0.717) is 6.61 Å². The van der Waals surface area contributed by atoms with Crippen LogP contribution in [0.4, 0.5) is 17.3 Å². The predicted octanol–water partition coefficient (Wildman–Crippen LogP) is 0.406. The summed E-state index contributed by atoms with van der Waals surface area (Å²) in [7, 11) is 3.62. The number of hydrogen-bond acceptors (Lipinski definition) is 9. The highest BCUT2D eigenvalue weighted by Gasteiger charge is 2.26. The Labute approximate surface area is 135 Å². The summed E-state index contributed by atoms with van der Waals surface area (Å²) in [4.78, 5) is 21.2. The SMILES string of the molecule is COCC(C)Nc1ncnc(NN2CCN(C)CC2)c1[N+](=O)[O-]. The Balaban J connectivity index is 2.16. The number of nitro groups is 1. The van der Waals surface area contributed by atoms with E-state index in [1.807, 2.05) is 19.0 Å². The van der Waals surface area contributed by atoms with Crippen molar-refractivity contribution >= 4 is 17.3 Å². The zero-order valence-corrected chi connectivity index (χ0v) is 13.7. The van der Waals surface area contributed by atoms with E-state index < -0.39 is 4.92 Å². The summed E-state index contributed by atoms with van der Waals surface area (Å²) in [6.45, 7) is 5.59. The Hall–Kier alpha value is -2.04. The van der Waals surface area contributed by atoms with E-state index >= 15 is 0 Å². The average Bonchev–Trinajstić information content (AvgIpc) is 2.49. The third-order valence-electron chi connectivity index (χ3n) is 3.57. The van der Waals surface area contributed by atoms with Crippen LogP contribution in [0.5, 0.6) is 0 Å². The molecule has 10 nitrogen and oxygen atoms in total. The topological polar surface area (TPSA) is 109 Å². The summed E-state index contributed by atoms with van der Waals surface area (Å²) in [5.41, 5.74) is 2.88. The molecule has 0 aromatic carbocycles. The van der Waals surface area contributed by atoms with E-state index in [2.05, 4.69) is 25.6 Å². The Morgan fingerprint density at radius 2 is 2.00 bits per heavy atom. The van der Waals surface area contributed by atoms with Crippen molar-refractivity contribution in [3.05, 3.63) is 16.4 Å². The lowest BCUT2D eigenvalue weighted by Gasteiger charge is -2.32. The van der Waals surface area contributed by atoms with Crippen molar-refractivity contribution in [1.82, 2.24) is 19.9 Å². The van der Waals surface area contributed by atoms with Gasteiger partial charge in [0.2, 0.25) is 11.6 Å². The molecule has 128 valence electrons. The largest absolute Gasteiger partial charge is 0.383 e. The van der Waals surface area contributed by atoms with Gasteiger partial charge in [-0.2, -0.15) is 0 Å². The number of anilines is 2. The summed E-state index contributed by atoms with van der Waals surface area (Å²) < 4.78 is 5.03. The monoisotopic (exact) mass is 325 g/mol. The molecule has 1 unspecified atom stereocenters. The fourth-order valence-corrected chi connectivity index (χ4v) is 2.33. The van der Waals surface area contributed by atoms with Crippen molar-refractivity contribution in [2.24, 2.45) is 0 Å². The van der Waals surface area contributed by atoms with Crippen molar-refractivity contribution in [1.29, 1.82) is 0 Å². The maximum Gasteiger partial charge on any atom is 0.354 e. The van der Waals surface area contributed by atoms with Crippen molar-refractivity contribution in [2.75, 3.05) is 57.7 Å². The number of rotatable bonds is 7. The Bertz CT molecular complexity index is 534. The summed E-state index contributed by atoms with van der Waals surface area (Å²) in [5.74, 6) is 0.382. The molecule has 0 bridgehead atoms. The quantitative estimate of drug-likeness (QED) is 0.544. The zero-order valence-electron chi connectivity index (χ0n) is 13.7. The van der Waals surface area contributed by atoms with Crippen LogP contribution in [0.1, 0.15) is 6.92 Å². The number of likely N-dealkylation sites (N-methyl/N-ethyl adjacent to an activating group) is 1. The zero-order chi connectivity index (χ0) is 16.8. The molecule has 1 aromatic heterocycles. The highest BCUT2D eigenvalue weighted by molar-refractivity contribution is 5.69. The van der Waals surface area contributed by atoms with E-state index in [0.717, 1.165) is 26.2 Å². The van der Waals surface area contributed by atoms with Crippen molar-refractivity contribution in [3.63, 3.8) is 0 Å². The first-order chi connectivity index (χ1) is 11.0. The van der Waals surface area contributed by atoms with Gasteiger partial charge in [-0.05, 0) is 14.0 Å². The molecule has 2 N–H and O–H groups in total. The predicted molar refractivity (Wildman–Crippen MR) is 86.3 cm³/mol. The lowest BCUT2D eigenvalue weighted by atomic mass is 10.3. The molecule has 1 saturated heterocycles. The molecule has 10 heteroatoms. The maximum atomic E-state index is 11.5. The normalized spacial score (nSPS) is 17.7. The second-order valence-electron chi connectivity index (χ2n) is 5.58. The van der Waals surface area contributed by atoms with Gasteiger partial charge in [-0.15, -0.1) is 0 Å². The first-order valence-electron chi connectivity index (χ1n) is 7.46. The van der Waals surface area contributed by atoms with Crippen LogP contribution in [0.15, 0.2) is 6.33 Å². The summed E-state index contributed by atoms with van der Waals surface area (Å²) >= 11 is 0. The minimum atomic E-state index is -0.472. The minimum Gasteiger partial charge on any atom is -0.383 e. The summed E-state index contributed by atoms with van der Waals surface area (Å²) in [6.07, 6.45) is 1.31. The lowest BCUT2D eigenvalue weighted by Crippen LogP contribution is -2.47. The van der Waals surface area contributed by atoms with Crippen LogP contribution in [0.3, 0.4) is 0 Å². The second kappa shape index (κ2) is 7.99. The highest BCUT2D eigenvalue weighted by atomic mass is 16.6. The van der Waals surface area contributed by atoms with E-state index in [1.165, 1.54) is 6.33 Å². The van der Waals surface area contributed by atoms with Crippen LogP contribution in [0, 0.1) is 10.1 Å². The smallest absolute Gasteiger partial charge is 0.354 e. The van der Waals surface area contributed by atoms with E-state index in [-0.39, 0.29) is 23.4 Å². The standard InChI is InChI=1S/C13H23N7O3/c1-10(8-23-3)16-12-11(20(21)22)13(15-9-14-12)17-19-6-4-18(2)5-7-19/h9-10H,4-8H2,1-3H3,(H2,14,15,16,17). The number of nitrogens with zero attached hydrogens (tertiary/aromatic N) is 5. The third kappa shape index (κ3) is 4.71. The lowest BCUT2D eigenvalue weighted by molar-refractivity contribution is -0.383. The highest BCUT2D eigenvalue weighted by Crippen LogP contribution is 2.29. The Morgan fingerprint density at radius 3 is 2.61 bits per heavy atom. The molecule has 0 spiro atoms. The van der Waals surface area contributed by atoms with Gasteiger partial charge in [0.15, 0.2) is 0 Å². The van der Waals surface area contributed by atoms with Gasteiger partial charge in [0, 0.05) is 39.3 Å². The molecule has 2 heterocycles. The number of hydrogen-bond donors (Lipinski definition) is 2. The maximum absolute atomic E-state index is 11.5. The van der Waals surface area contributed by atoms with Crippen LogP contribution in [0.2, 0.25) is 0 Å².